The van der Waals surface area contributed by atoms with Crippen LogP contribution in [-0.2, 0) is 0 Å². The van der Waals surface area contributed by atoms with Crippen molar-refractivity contribution in [1.29, 1.82) is 0 Å². The molecule has 4 heteroatoms. The Kier molecular flexibility index (Phi) is 3.96. The molecule has 0 saturated heterocycles. The Morgan fingerprint density at radius 2 is 2.50 bits per heavy atom. The highest BCUT2D eigenvalue weighted by atomic mass is 16.2. The van der Waals surface area contributed by atoms with Gasteiger partial charge in [-0.1, -0.05) is 25.2 Å². The van der Waals surface area contributed by atoms with Crippen molar-refractivity contribution in [3.05, 3.63) is 29.6 Å². The Balaban J connectivity index is 2.10. The second-order valence-corrected chi connectivity index (χ2v) is 4.37. The molecule has 4 nitrogen and oxygen atoms in total. The summed E-state index contributed by atoms with van der Waals surface area (Å²) < 4.78 is 0. The van der Waals surface area contributed by atoms with Gasteiger partial charge in [0.25, 0.3) is 5.91 Å². The first-order valence-electron chi connectivity index (χ1n) is 6.10. The minimum Gasteiger partial charge on any atom is -0.384 e. The van der Waals surface area contributed by atoms with Crippen LogP contribution in [0.15, 0.2) is 18.5 Å². The first-order valence-corrected chi connectivity index (χ1v) is 6.10. The van der Waals surface area contributed by atoms with Crippen LogP contribution in [0.4, 0.5) is 0 Å². The summed E-state index contributed by atoms with van der Waals surface area (Å²) in [4.78, 5) is 16.0. The normalized spacial score (nSPS) is 20.8. The molecule has 94 valence electrons. The van der Waals surface area contributed by atoms with Crippen LogP contribution in [-0.4, -0.2) is 28.6 Å². The minimum absolute atomic E-state index is 0.111. The fourth-order valence-corrected chi connectivity index (χ4v) is 1.95. The quantitative estimate of drug-likeness (QED) is 0.778. The van der Waals surface area contributed by atoms with Gasteiger partial charge in [-0.2, -0.15) is 0 Å². The molecule has 1 fully saturated rings. The van der Waals surface area contributed by atoms with E-state index in [9.17, 15) is 4.79 Å². The van der Waals surface area contributed by atoms with Gasteiger partial charge in [0.2, 0.25) is 0 Å². The van der Waals surface area contributed by atoms with E-state index >= 15 is 0 Å². The molecule has 1 aromatic rings. The smallest absolute Gasteiger partial charge is 0.252 e. The van der Waals surface area contributed by atoms with E-state index in [0.717, 1.165) is 12.8 Å². The monoisotopic (exact) mass is 244 g/mol. The van der Waals surface area contributed by atoms with Crippen LogP contribution in [0.3, 0.4) is 0 Å². The third kappa shape index (κ3) is 2.88. The molecular formula is C14H16N2O2. The lowest BCUT2D eigenvalue weighted by atomic mass is 10.1. The predicted molar refractivity (Wildman–Crippen MR) is 67.9 cm³/mol. The maximum absolute atomic E-state index is 12.1. The lowest BCUT2D eigenvalue weighted by Crippen LogP contribution is -2.27. The van der Waals surface area contributed by atoms with Crippen molar-refractivity contribution < 1.29 is 9.90 Å². The number of pyridine rings is 1. The SMILES string of the molecule is CCC1CC1NC(=O)c1ccncc1C#CCO. The molecule has 1 amide bonds. The lowest BCUT2D eigenvalue weighted by Gasteiger charge is -2.05. The van der Waals surface area contributed by atoms with E-state index in [4.69, 9.17) is 5.11 Å². The van der Waals surface area contributed by atoms with Crippen molar-refractivity contribution >= 4 is 5.91 Å². The molecule has 2 rings (SSSR count). The van der Waals surface area contributed by atoms with Crippen LogP contribution in [0, 0.1) is 17.8 Å². The number of rotatable bonds is 3. The van der Waals surface area contributed by atoms with Gasteiger partial charge in [-0.25, -0.2) is 0 Å². The molecule has 2 unspecified atom stereocenters. The molecule has 0 bridgehead atoms. The number of nitrogens with zero attached hydrogens (tertiary/aromatic N) is 1. The molecule has 1 heterocycles. The zero-order chi connectivity index (χ0) is 13.0. The largest absolute Gasteiger partial charge is 0.384 e. The summed E-state index contributed by atoms with van der Waals surface area (Å²) in [5.41, 5.74) is 1.07. The van der Waals surface area contributed by atoms with Gasteiger partial charge in [-0.15, -0.1) is 0 Å². The second kappa shape index (κ2) is 5.65. The van der Waals surface area contributed by atoms with E-state index in [1.807, 2.05) is 0 Å². The van der Waals surface area contributed by atoms with Gasteiger partial charge in [0.1, 0.15) is 6.61 Å². The molecule has 0 spiro atoms. The molecule has 0 radical (unpaired) electrons. The average Bonchev–Trinajstić information content (AvgIpc) is 3.15. The molecule has 1 aromatic heterocycles. The molecule has 1 aliphatic carbocycles. The van der Waals surface area contributed by atoms with Crippen molar-refractivity contribution in [3.8, 4) is 11.8 Å². The van der Waals surface area contributed by atoms with E-state index < -0.39 is 0 Å². The molecule has 1 saturated carbocycles. The molecule has 2 N–H and O–H groups in total. The average molecular weight is 244 g/mol. The maximum Gasteiger partial charge on any atom is 0.252 e. The maximum atomic E-state index is 12.1. The van der Waals surface area contributed by atoms with Crippen LogP contribution in [0.2, 0.25) is 0 Å². The van der Waals surface area contributed by atoms with Gasteiger partial charge in [0, 0.05) is 18.4 Å². The van der Waals surface area contributed by atoms with E-state index in [-0.39, 0.29) is 12.5 Å². The van der Waals surface area contributed by atoms with Gasteiger partial charge in [0.15, 0.2) is 0 Å². The van der Waals surface area contributed by atoms with Gasteiger partial charge in [-0.3, -0.25) is 9.78 Å². The van der Waals surface area contributed by atoms with Crippen molar-refractivity contribution in [2.24, 2.45) is 5.92 Å². The number of carbonyl (C=O) groups is 1. The first-order chi connectivity index (χ1) is 8.76. The number of carbonyl (C=O) groups excluding carboxylic acids is 1. The zero-order valence-electron chi connectivity index (χ0n) is 10.3. The van der Waals surface area contributed by atoms with Crippen molar-refractivity contribution in [2.75, 3.05) is 6.61 Å². The fourth-order valence-electron chi connectivity index (χ4n) is 1.95. The summed E-state index contributed by atoms with van der Waals surface area (Å²) in [7, 11) is 0. The molecular weight excluding hydrogens is 228 g/mol. The fraction of sp³-hybridized carbons (Fsp3) is 0.429. The van der Waals surface area contributed by atoms with E-state index in [1.54, 1.807) is 18.5 Å². The van der Waals surface area contributed by atoms with Crippen LogP contribution in [0.25, 0.3) is 0 Å². The van der Waals surface area contributed by atoms with Gasteiger partial charge < -0.3 is 10.4 Å². The summed E-state index contributed by atoms with van der Waals surface area (Å²) in [5, 5.41) is 11.7. The number of aromatic nitrogens is 1. The number of nitrogens with one attached hydrogen (secondary N) is 1. The Morgan fingerprint density at radius 3 is 3.17 bits per heavy atom. The summed E-state index contributed by atoms with van der Waals surface area (Å²) in [6, 6.07) is 1.95. The van der Waals surface area contributed by atoms with Crippen molar-refractivity contribution in [3.63, 3.8) is 0 Å². The number of aliphatic hydroxyl groups excluding tert-OH is 1. The van der Waals surface area contributed by atoms with Crippen molar-refractivity contribution in [1.82, 2.24) is 10.3 Å². The topological polar surface area (TPSA) is 62.2 Å². The Hall–Kier alpha value is -1.86. The summed E-state index contributed by atoms with van der Waals surface area (Å²) >= 11 is 0. The second-order valence-electron chi connectivity index (χ2n) is 4.37. The summed E-state index contributed by atoms with van der Waals surface area (Å²) in [5.74, 6) is 5.78. The highest BCUT2D eigenvalue weighted by molar-refractivity contribution is 5.96. The van der Waals surface area contributed by atoms with E-state index in [2.05, 4.69) is 29.1 Å². The molecule has 0 aromatic carbocycles. The summed E-state index contributed by atoms with van der Waals surface area (Å²) in [6.07, 6.45) is 5.27. The van der Waals surface area contributed by atoms with Crippen LogP contribution < -0.4 is 5.32 Å². The minimum atomic E-state index is -0.226. The van der Waals surface area contributed by atoms with Gasteiger partial charge >= 0.3 is 0 Å². The van der Waals surface area contributed by atoms with Gasteiger partial charge in [0.05, 0.1) is 11.1 Å². The zero-order valence-corrected chi connectivity index (χ0v) is 10.3. The molecule has 18 heavy (non-hydrogen) atoms. The third-order valence-corrected chi connectivity index (χ3v) is 3.13. The molecule has 1 aliphatic rings. The van der Waals surface area contributed by atoms with Crippen LogP contribution in [0.5, 0.6) is 0 Å². The predicted octanol–water partition coefficient (Wildman–Crippen LogP) is 0.954. The van der Waals surface area contributed by atoms with Crippen LogP contribution >= 0.6 is 0 Å². The highest BCUT2D eigenvalue weighted by Gasteiger charge is 2.36. The number of aliphatic hydroxyl groups is 1. The number of hydrogen-bond acceptors (Lipinski definition) is 3. The number of hydrogen-bond donors (Lipinski definition) is 2. The highest BCUT2D eigenvalue weighted by Crippen LogP contribution is 2.33. The van der Waals surface area contributed by atoms with Gasteiger partial charge in [-0.05, 0) is 18.4 Å². The molecule has 0 aliphatic heterocycles. The van der Waals surface area contributed by atoms with E-state index in [1.165, 1.54) is 0 Å². The van der Waals surface area contributed by atoms with Crippen molar-refractivity contribution in [2.45, 2.75) is 25.8 Å². The summed E-state index contributed by atoms with van der Waals surface area (Å²) in [6.45, 7) is 1.90. The third-order valence-electron chi connectivity index (χ3n) is 3.13. The van der Waals surface area contributed by atoms with Crippen LogP contribution in [0.1, 0.15) is 35.7 Å². The first kappa shape index (κ1) is 12.6. The Bertz CT molecular complexity index is 502. The number of amides is 1. The standard InChI is InChI=1S/C14H16N2O2/c1-2-10-8-13(10)16-14(18)12-5-6-15-9-11(12)4-3-7-17/h5-6,9-10,13,17H,2,7-8H2,1H3,(H,16,18). The molecule has 2 atom stereocenters. The lowest BCUT2D eigenvalue weighted by molar-refractivity contribution is 0.0948. The van der Waals surface area contributed by atoms with E-state index in [0.29, 0.717) is 23.1 Å². The Labute approximate surface area is 106 Å². The Morgan fingerprint density at radius 1 is 1.67 bits per heavy atom.